The minimum Gasteiger partial charge on any atom is -0.324 e. The van der Waals surface area contributed by atoms with E-state index in [-0.39, 0.29) is 5.02 Å². The van der Waals surface area contributed by atoms with Crippen LogP contribution in [0.5, 0.6) is 0 Å². The van der Waals surface area contributed by atoms with E-state index in [2.05, 4.69) is 0 Å². The minimum atomic E-state index is -0.598. The van der Waals surface area contributed by atoms with Gasteiger partial charge < -0.3 is 5.73 Å². The quantitative estimate of drug-likeness (QED) is 0.886. The number of hydrogen-bond donors (Lipinski definition) is 1. The fourth-order valence-corrected chi connectivity index (χ4v) is 2.13. The van der Waals surface area contributed by atoms with Gasteiger partial charge in [-0.05, 0) is 42.3 Å². The third-order valence-electron chi connectivity index (χ3n) is 2.80. The van der Waals surface area contributed by atoms with E-state index in [9.17, 15) is 8.78 Å². The van der Waals surface area contributed by atoms with Gasteiger partial charge in [0, 0.05) is 16.6 Å². The molecule has 0 spiro atoms. The Bertz CT molecular complexity index is 602. The molecule has 1 atom stereocenters. The van der Waals surface area contributed by atoms with Crippen molar-refractivity contribution >= 4 is 23.2 Å². The Hall–Kier alpha value is -1.16. The van der Waals surface area contributed by atoms with E-state index in [0.29, 0.717) is 22.6 Å². The smallest absolute Gasteiger partial charge is 0.142 e. The van der Waals surface area contributed by atoms with Crippen LogP contribution in [-0.2, 0) is 6.42 Å². The standard InChI is InChI=1S/C14H11Cl2F2N/c15-9-2-4-12(17)10(7-9)14(19)6-8-1-3-11(16)13(18)5-8/h1-5,7,14H,6,19H2. The first-order chi connectivity index (χ1) is 8.97. The highest BCUT2D eigenvalue weighted by molar-refractivity contribution is 6.31. The lowest BCUT2D eigenvalue weighted by atomic mass is 9.99. The van der Waals surface area contributed by atoms with Crippen LogP contribution in [0.2, 0.25) is 10.0 Å². The summed E-state index contributed by atoms with van der Waals surface area (Å²) in [7, 11) is 0. The van der Waals surface area contributed by atoms with E-state index < -0.39 is 17.7 Å². The van der Waals surface area contributed by atoms with E-state index in [1.165, 1.54) is 30.3 Å². The minimum absolute atomic E-state index is 0.0475. The average Bonchev–Trinajstić information content (AvgIpc) is 2.36. The fraction of sp³-hybridized carbons (Fsp3) is 0.143. The second-order valence-corrected chi connectivity index (χ2v) is 5.07. The van der Waals surface area contributed by atoms with Crippen molar-refractivity contribution in [3.8, 4) is 0 Å². The number of hydrogen-bond acceptors (Lipinski definition) is 1. The van der Waals surface area contributed by atoms with E-state index >= 15 is 0 Å². The maximum Gasteiger partial charge on any atom is 0.142 e. The molecule has 5 heteroatoms. The van der Waals surface area contributed by atoms with Gasteiger partial charge in [-0.1, -0.05) is 29.3 Å². The van der Waals surface area contributed by atoms with Crippen LogP contribution in [0.1, 0.15) is 17.2 Å². The van der Waals surface area contributed by atoms with E-state index in [1.54, 1.807) is 6.07 Å². The third kappa shape index (κ3) is 3.44. The molecule has 0 aliphatic heterocycles. The van der Waals surface area contributed by atoms with Crippen molar-refractivity contribution in [3.63, 3.8) is 0 Å². The van der Waals surface area contributed by atoms with Gasteiger partial charge in [-0.15, -0.1) is 0 Å². The summed E-state index contributed by atoms with van der Waals surface area (Å²) in [5.41, 5.74) is 6.89. The SMILES string of the molecule is NC(Cc1ccc(Cl)c(F)c1)c1cc(Cl)ccc1F. The summed E-state index contributed by atoms with van der Waals surface area (Å²) in [6.07, 6.45) is 0.297. The Morgan fingerprint density at radius 3 is 2.42 bits per heavy atom. The van der Waals surface area contributed by atoms with E-state index in [0.717, 1.165) is 0 Å². The van der Waals surface area contributed by atoms with Crippen molar-refractivity contribution in [2.75, 3.05) is 0 Å². The molecular formula is C14H11Cl2F2N. The summed E-state index contributed by atoms with van der Waals surface area (Å²) in [5.74, 6) is -0.940. The van der Waals surface area contributed by atoms with Crippen LogP contribution in [0.15, 0.2) is 36.4 Å². The summed E-state index contributed by atoms with van der Waals surface area (Å²) in [5, 5.41) is 0.459. The molecule has 2 aromatic rings. The molecule has 0 aliphatic rings. The lowest BCUT2D eigenvalue weighted by Crippen LogP contribution is -2.15. The highest BCUT2D eigenvalue weighted by atomic mass is 35.5. The van der Waals surface area contributed by atoms with Crippen molar-refractivity contribution in [1.82, 2.24) is 0 Å². The van der Waals surface area contributed by atoms with Gasteiger partial charge in [-0.2, -0.15) is 0 Å². The number of nitrogens with two attached hydrogens (primary N) is 1. The lowest BCUT2D eigenvalue weighted by Gasteiger charge is -2.13. The van der Waals surface area contributed by atoms with E-state index in [4.69, 9.17) is 28.9 Å². The Morgan fingerprint density at radius 2 is 1.74 bits per heavy atom. The molecule has 0 amide bonds. The molecule has 0 saturated heterocycles. The Kier molecular flexibility index (Phi) is 4.40. The molecule has 0 radical (unpaired) electrons. The van der Waals surface area contributed by atoms with Crippen LogP contribution in [-0.4, -0.2) is 0 Å². The highest BCUT2D eigenvalue weighted by Crippen LogP contribution is 2.24. The fourth-order valence-electron chi connectivity index (χ4n) is 1.83. The van der Waals surface area contributed by atoms with Crippen LogP contribution in [0.4, 0.5) is 8.78 Å². The first-order valence-electron chi connectivity index (χ1n) is 5.62. The Balaban J connectivity index is 2.22. The van der Waals surface area contributed by atoms with Crippen LogP contribution in [0, 0.1) is 11.6 Å². The van der Waals surface area contributed by atoms with Gasteiger partial charge in [0.15, 0.2) is 0 Å². The molecule has 2 aromatic carbocycles. The maximum absolute atomic E-state index is 13.6. The van der Waals surface area contributed by atoms with Gasteiger partial charge >= 0.3 is 0 Å². The van der Waals surface area contributed by atoms with Crippen LogP contribution >= 0.6 is 23.2 Å². The molecule has 100 valence electrons. The Labute approximate surface area is 119 Å². The van der Waals surface area contributed by atoms with Gasteiger partial charge in [0.05, 0.1) is 5.02 Å². The molecule has 19 heavy (non-hydrogen) atoms. The third-order valence-corrected chi connectivity index (χ3v) is 3.34. The molecule has 2 N–H and O–H groups in total. The Morgan fingerprint density at radius 1 is 1.00 bits per heavy atom. The van der Waals surface area contributed by atoms with Gasteiger partial charge in [0.25, 0.3) is 0 Å². The van der Waals surface area contributed by atoms with Crippen LogP contribution in [0.25, 0.3) is 0 Å². The van der Waals surface area contributed by atoms with Crippen molar-refractivity contribution in [3.05, 3.63) is 69.2 Å². The maximum atomic E-state index is 13.6. The monoisotopic (exact) mass is 301 g/mol. The zero-order chi connectivity index (χ0) is 14.0. The topological polar surface area (TPSA) is 26.0 Å². The largest absolute Gasteiger partial charge is 0.324 e. The van der Waals surface area contributed by atoms with E-state index in [1.807, 2.05) is 0 Å². The van der Waals surface area contributed by atoms with Crippen molar-refractivity contribution in [2.24, 2.45) is 5.73 Å². The predicted octanol–water partition coefficient (Wildman–Crippen LogP) is 4.51. The highest BCUT2D eigenvalue weighted by Gasteiger charge is 2.13. The normalized spacial score (nSPS) is 12.5. The van der Waals surface area contributed by atoms with Crippen molar-refractivity contribution in [2.45, 2.75) is 12.5 Å². The molecule has 0 aliphatic carbocycles. The summed E-state index contributed by atoms with van der Waals surface area (Å²) in [4.78, 5) is 0. The second kappa shape index (κ2) is 5.87. The predicted molar refractivity (Wildman–Crippen MR) is 73.5 cm³/mol. The molecule has 0 bridgehead atoms. The van der Waals surface area contributed by atoms with Crippen LogP contribution in [0.3, 0.4) is 0 Å². The molecule has 0 fully saturated rings. The number of rotatable bonds is 3. The number of halogens is 4. The zero-order valence-corrected chi connectivity index (χ0v) is 11.3. The zero-order valence-electron chi connectivity index (χ0n) is 9.84. The van der Waals surface area contributed by atoms with Crippen LogP contribution < -0.4 is 5.73 Å². The van der Waals surface area contributed by atoms with Gasteiger partial charge in [-0.3, -0.25) is 0 Å². The summed E-state index contributed by atoms with van der Waals surface area (Å²) < 4.78 is 26.9. The molecule has 1 nitrogen and oxygen atoms in total. The molecule has 2 rings (SSSR count). The second-order valence-electron chi connectivity index (χ2n) is 4.22. The molecule has 0 saturated carbocycles. The lowest BCUT2D eigenvalue weighted by molar-refractivity contribution is 0.578. The average molecular weight is 302 g/mol. The van der Waals surface area contributed by atoms with Gasteiger partial charge in [0.2, 0.25) is 0 Å². The van der Waals surface area contributed by atoms with Gasteiger partial charge in [-0.25, -0.2) is 8.78 Å². The van der Waals surface area contributed by atoms with Crippen molar-refractivity contribution in [1.29, 1.82) is 0 Å². The first kappa shape index (κ1) is 14.3. The summed E-state index contributed by atoms with van der Waals surface area (Å²) >= 11 is 11.4. The summed E-state index contributed by atoms with van der Waals surface area (Å²) in [6, 6.07) is 8.01. The number of benzene rings is 2. The van der Waals surface area contributed by atoms with Crippen molar-refractivity contribution < 1.29 is 8.78 Å². The molecular weight excluding hydrogens is 291 g/mol. The van der Waals surface area contributed by atoms with Gasteiger partial charge in [0.1, 0.15) is 11.6 Å². The molecule has 0 heterocycles. The molecule has 1 unspecified atom stereocenters. The molecule has 0 aromatic heterocycles. The first-order valence-corrected chi connectivity index (χ1v) is 6.37. The summed E-state index contributed by atoms with van der Waals surface area (Å²) in [6.45, 7) is 0.